The van der Waals surface area contributed by atoms with Gasteiger partial charge in [0.25, 0.3) is 0 Å². The molecule has 0 aliphatic rings. The van der Waals surface area contributed by atoms with Crippen LogP contribution in [0, 0.1) is 11.7 Å². The molecule has 3 heteroatoms. The van der Waals surface area contributed by atoms with Gasteiger partial charge in [0, 0.05) is 5.04 Å². The maximum absolute atomic E-state index is 6.71. The minimum Gasteiger partial charge on any atom is -0.490 e. The largest absolute Gasteiger partial charge is 0.490 e. The van der Waals surface area contributed by atoms with E-state index in [0.29, 0.717) is 0 Å². The summed E-state index contributed by atoms with van der Waals surface area (Å²) < 4.78 is 6.71. The van der Waals surface area contributed by atoms with Gasteiger partial charge in [-0.25, -0.2) is 0 Å². The molecule has 0 radical (unpaired) electrons. The first-order chi connectivity index (χ1) is 12.4. The molecular weight excluding hydrogens is 360 g/mol. The second-order valence-corrected chi connectivity index (χ2v) is 19.1. The van der Waals surface area contributed by atoms with Gasteiger partial charge in [-0.1, -0.05) is 121 Å². The van der Waals surface area contributed by atoms with Crippen LogP contribution >= 0.6 is 0 Å². The Morgan fingerprint density at radius 2 is 1.07 bits per heavy atom. The fraction of sp³-hybridized carbons (Fsp3) is 0.417. The van der Waals surface area contributed by atoms with Crippen LogP contribution in [0.4, 0.5) is 0 Å². The standard InChI is InChI=1S/C24H34OSi2/c1-23(2,3)26(7,8)20-19-25-27(24(4,5)6,21-15-11-9-12-16-21)22-17-13-10-14-18-22/h9-18H,1-8H3. The van der Waals surface area contributed by atoms with Crippen LogP contribution in [0.2, 0.25) is 23.2 Å². The van der Waals surface area contributed by atoms with Gasteiger partial charge in [-0.15, -0.1) is 0 Å². The minimum absolute atomic E-state index is 0.0438. The highest BCUT2D eigenvalue weighted by Crippen LogP contribution is 2.37. The summed E-state index contributed by atoms with van der Waals surface area (Å²) in [5.41, 5.74) is 3.57. The number of rotatable bonds is 3. The van der Waals surface area contributed by atoms with Crippen LogP contribution in [-0.4, -0.2) is 16.4 Å². The predicted molar refractivity (Wildman–Crippen MR) is 124 cm³/mol. The second kappa shape index (κ2) is 7.69. The normalized spacial score (nSPS) is 12.9. The molecule has 1 nitrogen and oxygen atoms in total. The maximum Gasteiger partial charge on any atom is 0.332 e. The van der Waals surface area contributed by atoms with Crippen molar-refractivity contribution in [1.29, 1.82) is 0 Å². The van der Waals surface area contributed by atoms with E-state index in [0.717, 1.165) is 0 Å². The molecule has 0 amide bonds. The molecule has 2 aromatic rings. The average Bonchev–Trinajstić information content (AvgIpc) is 2.58. The van der Waals surface area contributed by atoms with Crippen LogP contribution in [0.3, 0.4) is 0 Å². The molecule has 0 saturated heterocycles. The Balaban J connectivity index is 2.65. The molecule has 0 aromatic heterocycles. The van der Waals surface area contributed by atoms with Crippen molar-refractivity contribution in [3.63, 3.8) is 0 Å². The molecular formula is C24H34OSi2. The molecule has 144 valence electrons. The van der Waals surface area contributed by atoms with E-state index < -0.39 is 16.4 Å². The SMILES string of the molecule is CC(C)(C)[Si](C)(C)C#CO[Si](c1ccccc1)(c1ccccc1)C(C)(C)C. The Morgan fingerprint density at radius 3 is 1.41 bits per heavy atom. The average molecular weight is 395 g/mol. The van der Waals surface area contributed by atoms with Crippen molar-refractivity contribution in [2.24, 2.45) is 0 Å². The molecule has 0 unspecified atom stereocenters. The second-order valence-electron chi connectivity index (χ2n) is 9.87. The minimum atomic E-state index is -2.56. The molecule has 0 spiro atoms. The van der Waals surface area contributed by atoms with E-state index in [1.165, 1.54) is 10.4 Å². The lowest BCUT2D eigenvalue weighted by Gasteiger charge is -2.40. The van der Waals surface area contributed by atoms with E-state index in [1.807, 2.05) is 0 Å². The quantitative estimate of drug-likeness (QED) is 0.488. The van der Waals surface area contributed by atoms with Crippen molar-refractivity contribution in [2.45, 2.75) is 64.7 Å². The van der Waals surface area contributed by atoms with Gasteiger partial charge in [-0.2, -0.15) is 0 Å². The van der Waals surface area contributed by atoms with Crippen LogP contribution in [0.15, 0.2) is 60.7 Å². The van der Waals surface area contributed by atoms with Gasteiger partial charge in [0.15, 0.2) is 0 Å². The smallest absolute Gasteiger partial charge is 0.332 e. The van der Waals surface area contributed by atoms with E-state index in [4.69, 9.17) is 4.43 Å². The summed E-state index contributed by atoms with van der Waals surface area (Å²) in [5, 5.41) is 2.72. The molecule has 2 rings (SSSR count). The van der Waals surface area contributed by atoms with Gasteiger partial charge in [-0.05, 0) is 15.4 Å². The molecule has 0 N–H and O–H groups in total. The Morgan fingerprint density at radius 1 is 0.667 bits per heavy atom. The van der Waals surface area contributed by atoms with Crippen LogP contribution in [0.1, 0.15) is 41.5 Å². The predicted octanol–water partition coefficient (Wildman–Crippen LogP) is 5.57. The Bertz CT molecular complexity index is 761. The zero-order chi connectivity index (χ0) is 20.3. The van der Waals surface area contributed by atoms with Crippen molar-refractivity contribution < 1.29 is 4.43 Å². The molecule has 0 heterocycles. The summed E-state index contributed by atoms with van der Waals surface area (Å²) in [6, 6.07) is 21.4. The van der Waals surface area contributed by atoms with E-state index in [1.54, 1.807) is 0 Å². The lowest BCUT2D eigenvalue weighted by molar-refractivity contribution is 0.477. The monoisotopic (exact) mass is 394 g/mol. The van der Waals surface area contributed by atoms with E-state index in [9.17, 15) is 0 Å². The highest BCUT2D eigenvalue weighted by molar-refractivity contribution is 6.99. The third-order valence-electron chi connectivity index (χ3n) is 5.86. The van der Waals surface area contributed by atoms with Gasteiger partial charge in [-0.3, -0.25) is 0 Å². The number of hydrogen-bond acceptors (Lipinski definition) is 1. The lowest BCUT2D eigenvalue weighted by Crippen LogP contribution is -2.65. The summed E-state index contributed by atoms with van der Waals surface area (Å²) in [4.78, 5) is 0. The summed E-state index contributed by atoms with van der Waals surface area (Å²) in [5.74, 6) is 0. The first-order valence-corrected chi connectivity index (χ1v) is 14.6. The molecule has 0 aliphatic heterocycles. The third kappa shape index (κ3) is 4.39. The lowest BCUT2D eigenvalue weighted by atomic mass is 10.2. The number of benzene rings is 2. The molecule has 0 aliphatic carbocycles. The molecule has 0 atom stereocenters. The van der Waals surface area contributed by atoms with Crippen LogP contribution in [0.5, 0.6) is 0 Å². The maximum atomic E-state index is 6.71. The fourth-order valence-corrected chi connectivity index (χ4v) is 7.98. The zero-order valence-electron chi connectivity index (χ0n) is 18.2. The highest BCUT2D eigenvalue weighted by atomic mass is 28.4. The third-order valence-corrected chi connectivity index (χ3v) is 15.1. The molecule has 0 fully saturated rings. The molecule has 2 aromatic carbocycles. The zero-order valence-corrected chi connectivity index (χ0v) is 20.2. The number of hydrogen-bond donors (Lipinski definition) is 0. The van der Waals surface area contributed by atoms with Crippen molar-refractivity contribution in [3.05, 3.63) is 60.7 Å². The summed E-state index contributed by atoms with van der Waals surface area (Å²) in [7, 11) is -4.29. The van der Waals surface area contributed by atoms with Crippen molar-refractivity contribution in [2.75, 3.05) is 0 Å². The first-order valence-electron chi connectivity index (χ1n) is 9.73. The summed E-state index contributed by atoms with van der Waals surface area (Å²) in [6.07, 6.45) is 3.25. The van der Waals surface area contributed by atoms with Gasteiger partial charge in [0.1, 0.15) is 8.07 Å². The van der Waals surface area contributed by atoms with Crippen LogP contribution < -0.4 is 10.4 Å². The van der Waals surface area contributed by atoms with Gasteiger partial charge in [0.05, 0.1) is 6.11 Å². The van der Waals surface area contributed by atoms with E-state index in [2.05, 4.69) is 127 Å². The van der Waals surface area contributed by atoms with E-state index in [-0.39, 0.29) is 10.1 Å². The van der Waals surface area contributed by atoms with Gasteiger partial charge >= 0.3 is 8.32 Å². The molecule has 0 saturated carbocycles. The Hall–Kier alpha value is -1.77. The molecule has 27 heavy (non-hydrogen) atoms. The van der Waals surface area contributed by atoms with E-state index >= 15 is 0 Å². The molecule has 0 bridgehead atoms. The van der Waals surface area contributed by atoms with Crippen molar-refractivity contribution in [3.8, 4) is 11.7 Å². The topological polar surface area (TPSA) is 9.23 Å². The summed E-state index contributed by atoms with van der Waals surface area (Å²) in [6.45, 7) is 18.4. The Labute approximate surface area is 168 Å². The van der Waals surface area contributed by atoms with Crippen molar-refractivity contribution in [1.82, 2.24) is 0 Å². The van der Waals surface area contributed by atoms with Crippen molar-refractivity contribution >= 4 is 26.8 Å². The van der Waals surface area contributed by atoms with Crippen LogP contribution in [-0.2, 0) is 4.43 Å². The Kier molecular flexibility index (Phi) is 6.14. The highest BCUT2D eigenvalue weighted by Gasteiger charge is 2.52. The summed E-state index contributed by atoms with van der Waals surface area (Å²) >= 11 is 0. The van der Waals surface area contributed by atoms with Crippen LogP contribution in [0.25, 0.3) is 0 Å². The van der Waals surface area contributed by atoms with Gasteiger partial charge in [0.2, 0.25) is 0 Å². The fourth-order valence-electron chi connectivity index (χ4n) is 3.07. The first kappa shape index (κ1) is 21.5. The van der Waals surface area contributed by atoms with Gasteiger partial charge < -0.3 is 4.43 Å².